The van der Waals surface area contributed by atoms with Gasteiger partial charge in [0.25, 0.3) is 5.91 Å². The van der Waals surface area contributed by atoms with E-state index in [1.165, 1.54) is 19.3 Å². The third kappa shape index (κ3) is 4.26. The summed E-state index contributed by atoms with van der Waals surface area (Å²) < 4.78 is 0. The Morgan fingerprint density at radius 1 is 1.16 bits per heavy atom. The molecule has 0 unspecified atom stereocenters. The van der Waals surface area contributed by atoms with E-state index in [1.54, 1.807) is 4.90 Å². The molecule has 2 aliphatic rings. The van der Waals surface area contributed by atoms with Crippen molar-refractivity contribution < 1.29 is 4.79 Å². The quantitative estimate of drug-likeness (QED) is 0.717. The third-order valence-electron chi connectivity index (χ3n) is 6.36. The monoisotopic (exact) mass is 429 g/mol. The molecule has 1 aliphatic heterocycles. The Labute approximate surface area is 190 Å². The summed E-state index contributed by atoms with van der Waals surface area (Å²) in [6.07, 6.45) is 5.80. The van der Waals surface area contributed by atoms with Gasteiger partial charge in [0, 0.05) is 41.7 Å². The van der Waals surface area contributed by atoms with Gasteiger partial charge in [-0.15, -0.1) is 0 Å². The van der Waals surface area contributed by atoms with E-state index in [1.807, 2.05) is 56.3 Å². The number of fused-ring (bicyclic) bond motifs is 1. The maximum atomic E-state index is 13.8. The van der Waals surface area contributed by atoms with Gasteiger partial charge in [0.05, 0.1) is 17.3 Å². The average Bonchev–Trinajstić information content (AvgIpc) is 2.90. The van der Waals surface area contributed by atoms with Crippen LogP contribution >= 0.6 is 0 Å². The molecule has 1 aliphatic carbocycles. The molecule has 2 aromatic rings. The minimum absolute atomic E-state index is 0.0951. The van der Waals surface area contributed by atoms with Gasteiger partial charge >= 0.3 is 0 Å². The maximum Gasteiger partial charge on any atom is 0.258 e. The van der Waals surface area contributed by atoms with Crippen LogP contribution in [0, 0.1) is 17.2 Å². The van der Waals surface area contributed by atoms with Gasteiger partial charge in [-0.1, -0.05) is 19.3 Å². The van der Waals surface area contributed by atoms with Crippen LogP contribution in [0.15, 0.2) is 47.5 Å². The second-order valence-corrected chi connectivity index (χ2v) is 9.14. The first-order valence-electron chi connectivity index (χ1n) is 11.5. The van der Waals surface area contributed by atoms with Gasteiger partial charge in [-0.25, -0.2) is 0 Å². The van der Waals surface area contributed by atoms with Crippen molar-refractivity contribution in [2.45, 2.75) is 51.5 Å². The molecule has 1 fully saturated rings. The summed E-state index contributed by atoms with van der Waals surface area (Å²) in [5.41, 5.74) is 9.63. The first kappa shape index (κ1) is 22.0. The fraction of sp³-hybridized carbons (Fsp3) is 0.423. The number of carbonyl (C=O) groups excluding carboxylic acids is 1. The number of carbonyl (C=O) groups is 1. The SMILES string of the molecule is CC1(C)N=C(C2CCCCC2)c2ccc(C#N)cc2N(c2ccc(NCCN)cc2)C1=O. The lowest BCUT2D eigenvalue weighted by atomic mass is 9.82. The minimum atomic E-state index is -0.908. The highest BCUT2D eigenvalue weighted by Crippen LogP contribution is 2.40. The molecule has 1 heterocycles. The van der Waals surface area contributed by atoms with E-state index in [0.717, 1.165) is 41.2 Å². The van der Waals surface area contributed by atoms with Crippen molar-refractivity contribution in [1.29, 1.82) is 5.26 Å². The molecular weight excluding hydrogens is 398 g/mol. The van der Waals surface area contributed by atoms with Crippen molar-refractivity contribution in [2.75, 3.05) is 23.3 Å². The predicted molar refractivity (Wildman–Crippen MR) is 129 cm³/mol. The average molecular weight is 430 g/mol. The third-order valence-corrected chi connectivity index (χ3v) is 6.36. The Hall–Kier alpha value is -3.17. The van der Waals surface area contributed by atoms with Crippen LogP contribution in [0.4, 0.5) is 17.1 Å². The zero-order valence-electron chi connectivity index (χ0n) is 18.9. The number of nitrogens with one attached hydrogen (secondary N) is 1. The molecule has 0 saturated heterocycles. The molecule has 1 amide bonds. The van der Waals surface area contributed by atoms with E-state index >= 15 is 0 Å². The van der Waals surface area contributed by atoms with E-state index in [0.29, 0.717) is 24.6 Å². The van der Waals surface area contributed by atoms with Crippen LogP contribution in [0.1, 0.15) is 57.1 Å². The molecule has 0 bridgehead atoms. The van der Waals surface area contributed by atoms with Crippen LogP contribution in [-0.2, 0) is 4.79 Å². The number of anilines is 3. The largest absolute Gasteiger partial charge is 0.384 e. The molecule has 166 valence electrons. The van der Waals surface area contributed by atoms with E-state index in [-0.39, 0.29) is 5.91 Å². The Morgan fingerprint density at radius 2 is 1.88 bits per heavy atom. The number of rotatable bonds is 5. The second-order valence-electron chi connectivity index (χ2n) is 9.14. The lowest BCUT2D eigenvalue weighted by molar-refractivity contribution is -0.121. The number of nitrogens with two attached hydrogens (primary N) is 1. The summed E-state index contributed by atoms with van der Waals surface area (Å²) in [5.74, 6) is 0.243. The minimum Gasteiger partial charge on any atom is -0.384 e. The summed E-state index contributed by atoms with van der Waals surface area (Å²) in [6.45, 7) is 5.01. The normalized spacial score (nSPS) is 18.4. The standard InChI is InChI=1S/C26H31N5O/c1-26(2)25(32)31(21-11-9-20(10-12-21)29-15-14-27)23-16-18(17-28)8-13-22(23)24(30-26)19-6-4-3-5-7-19/h8-13,16,19,29H,3-7,14-15,27H2,1-2H3. The Balaban J connectivity index is 1.85. The smallest absolute Gasteiger partial charge is 0.258 e. The van der Waals surface area contributed by atoms with Gasteiger partial charge in [0.15, 0.2) is 0 Å². The predicted octanol–water partition coefficient (Wildman–Crippen LogP) is 4.76. The second kappa shape index (κ2) is 9.13. The van der Waals surface area contributed by atoms with Gasteiger partial charge < -0.3 is 11.1 Å². The number of hydrogen-bond acceptors (Lipinski definition) is 5. The van der Waals surface area contributed by atoms with Crippen LogP contribution < -0.4 is 16.0 Å². The van der Waals surface area contributed by atoms with Crippen molar-refractivity contribution in [3.63, 3.8) is 0 Å². The van der Waals surface area contributed by atoms with Crippen LogP contribution in [-0.4, -0.2) is 30.2 Å². The molecule has 1 saturated carbocycles. The maximum absolute atomic E-state index is 13.8. The molecule has 6 heteroatoms. The van der Waals surface area contributed by atoms with Gasteiger partial charge in [-0.2, -0.15) is 5.26 Å². The fourth-order valence-corrected chi connectivity index (χ4v) is 4.68. The lowest BCUT2D eigenvalue weighted by Gasteiger charge is -2.28. The Morgan fingerprint density at radius 3 is 2.53 bits per heavy atom. The number of hydrogen-bond donors (Lipinski definition) is 2. The summed E-state index contributed by atoms with van der Waals surface area (Å²) in [6, 6.07) is 15.6. The lowest BCUT2D eigenvalue weighted by Crippen LogP contribution is -2.41. The van der Waals surface area contributed by atoms with Crippen LogP contribution in [0.25, 0.3) is 0 Å². The molecule has 32 heavy (non-hydrogen) atoms. The molecule has 3 N–H and O–H groups in total. The van der Waals surface area contributed by atoms with Crippen molar-refractivity contribution in [1.82, 2.24) is 0 Å². The molecule has 0 atom stereocenters. The van der Waals surface area contributed by atoms with E-state index in [9.17, 15) is 10.1 Å². The van der Waals surface area contributed by atoms with Gasteiger partial charge in [0.2, 0.25) is 0 Å². The van der Waals surface area contributed by atoms with E-state index < -0.39 is 5.54 Å². The fourth-order valence-electron chi connectivity index (χ4n) is 4.68. The molecule has 0 radical (unpaired) electrons. The highest BCUT2D eigenvalue weighted by molar-refractivity contribution is 6.17. The number of aliphatic imine (C=N–C) groups is 1. The van der Waals surface area contributed by atoms with Gasteiger partial charge in [0.1, 0.15) is 5.54 Å². The summed E-state index contributed by atoms with van der Waals surface area (Å²) in [5, 5.41) is 12.8. The highest BCUT2D eigenvalue weighted by Gasteiger charge is 2.40. The van der Waals surface area contributed by atoms with Crippen LogP contribution in [0.2, 0.25) is 0 Å². The zero-order valence-corrected chi connectivity index (χ0v) is 18.9. The van der Waals surface area contributed by atoms with Crippen molar-refractivity contribution >= 4 is 28.7 Å². The molecular formula is C26H31N5O. The molecule has 2 aromatic carbocycles. The zero-order chi connectivity index (χ0) is 22.7. The first-order valence-corrected chi connectivity index (χ1v) is 11.5. The highest BCUT2D eigenvalue weighted by atomic mass is 16.2. The van der Waals surface area contributed by atoms with Gasteiger partial charge in [-0.3, -0.25) is 14.7 Å². The van der Waals surface area contributed by atoms with Crippen molar-refractivity contribution in [3.05, 3.63) is 53.6 Å². The van der Waals surface area contributed by atoms with E-state index in [2.05, 4.69) is 11.4 Å². The van der Waals surface area contributed by atoms with Gasteiger partial charge in [-0.05, 0) is 69.2 Å². The molecule has 0 aromatic heterocycles. The molecule has 4 rings (SSSR count). The molecule has 6 nitrogen and oxygen atoms in total. The van der Waals surface area contributed by atoms with E-state index in [4.69, 9.17) is 10.7 Å². The number of benzodiazepines with no additional fused rings is 1. The Kier molecular flexibility index (Phi) is 6.29. The number of amides is 1. The molecule has 0 spiro atoms. The van der Waals surface area contributed by atoms with Crippen LogP contribution in [0.3, 0.4) is 0 Å². The van der Waals surface area contributed by atoms with Crippen molar-refractivity contribution in [2.24, 2.45) is 16.6 Å². The van der Waals surface area contributed by atoms with Crippen molar-refractivity contribution in [3.8, 4) is 6.07 Å². The number of nitriles is 1. The topological polar surface area (TPSA) is 94.5 Å². The number of nitrogens with zero attached hydrogens (tertiary/aromatic N) is 3. The Bertz CT molecular complexity index is 1060. The van der Waals surface area contributed by atoms with Crippen LogP contribution in [0.5, 0.6) is 0 Å². The number of benzene rings is 2. The summed E-state index contributed by atoms with van der Waals surface area (Å²) >= 11 is 0. The first-order chi connectivity index (χ1) is 15.4. The summed E-state index contributed by atoms with van der Waals surface area (Å²) in [7, 11) is 0. The summed E-state index contributed by atoms with van der Waals surface area (Å²) in [4.78, 5) is 20.6.